The Morgan fingerprint density at radius 2 is 1.88 bits per heavy atom. The highest BCUT2D eigenvalue weighted by Crippen LogP contribution is 2.35. The molecule has 0 unspecified atom stereocenters. The zero-order valence-electron chi connectivity index (χ0n) is 14.0. The van der Waals surface area contributed by atoms with Gasteiger partial charge in [0, 0.05) is 0 Å². The molecule has 0 aliphatic carbocycles. The molecule has 1 heterocycles. The van der Waals surface area contributed by atoms with Gasteiger partial charge in [-0.25, -0.2) is 0 Å². The summed E-state index contributed by atoms with van der Waals surface area (Å²) in [5.74, 6) is -0.308. The number of aryl methyl sites for hydroxylation is 1. The standard InChI is InChI=1S/C18H18N4O2S/c1-3-24-17(23)16(14-7-5-4-6-8-14)25-18-19-20-21-22(18)15-11-9-13(2)10-12-15/h4-12,16H,3H2,1-2H3/t16-/m1/s1. The Morgan fingerprint density at radius 1 is 1.16 bits per heavy atom. The van der Waals surface area contributed by atoms with Crippen LogP contribution in [-0.2, 0) is 9.53 Å². The average Bonchev–Trinajstić information content (AvgIpc) is 3.09. The van der Waals surface area contributed by atoms with Crippen LogP contribution in [0.2, 0.25) is 0 Å². The van der Waals surface area contributed by atoms with Gasteiger partial charge in [-0.15, -0.1) is 5.10 Å². The molecule has 0 saturated carbocycles. The number of esters is 1. The van der Waals surface area contributed by atoms with Crippen molar-refractivity contribution in [1.29, 1.82) is 0 Å². The van der Waals surface area contributed by atoms with Crippen molar-refractivity contribution in [1.82, 2.24) is 20.2 Å². The molecule has 3 aromatic rings. The molecule has 6 nitrogen and oxygen atoms in total. The van der Waals surface area contributed by atoms with Crippen molar-refractivity contribution in [3.8, 4) is 5.69 Å². The first-order valence-corrected chi connectivity index (χ1v) is 8.80. The molecule has 2 aromatic carbocycles. The lowest BCUT2D eigenvalue weighted by Crippen LogP contribution is -2.14. The molecule has 1 aromatic heterocycles. The van der Waals surface area contributed by atoms with Gasteiger partial charge in [0.05, 0.1) is 12.3 Å². The average molecular weight is 354 g/mol. The summed E-state index contributed by atoms with van der Waals surface area (Å²) in [5, 5.41) is 11.9. The van der Waals surface area contributed by atoms with Gasteiger partial charge >= 0.3 is 5.97 Å². The number of rotatable bonds is 6. The maximum Gasteiger partial charge on any atom is 0.324 e. The van der Waals surface area contributed by atoms with Crippen LogP contribution in [0.1, 0.15) is 23.3 Å². The van der Waals surface area contributed by atoms with E-state index in [0.717, 1.165) is 16.8 Å². The van der Waals surface area contributed by atoms with Crippen molar-refractivity contribution >= 4 is 17.7 Å². The molecule has 3 rings (SSSR count). The summed E-state index contributed by atoms with van der Waals surface area (Å²) < 4.78 is 6.86. The Bertz CT molecular complexity index is 834. The van der Waals surface area contributed by atoms with E-state index in [0.29, 0.717) is 11.8 Å². The number of tetrazole rings is 1. The van der Waals surface area contributed by atoms with E-state index in [1.165, 1.54) is 11.8 Å². The maximum absolute atomic E-state index is 12.4. The first-order chi connectivity index (χ1) is 12.2. The molecule has 0 aliphatic heterocycles. The molecular weight excluding hydrogens is 336 g/mol. The number of thioether (sulfide) groups is 1. The van der Waals surface area contributed by atoms with Crippen molar-refractivity contribution < 1.29 is 9.53 Å². The number of nitrogens with zero attached hydrogens (tertiary/aromatic N) is 4. The van der Waals surface area contributed by atoms with E-state index in [1.54, 1.807) is 11.6 Å². The molecule has 0 saturated heterocycles. The van der Waals surface area contributed by atoms with Crippen LogP contribution in [0.3, 0.4) is 0 Å². The topological polar surface area (TPSA) is 69.9 Å². The molecule has 25 heavy (non-hydrogen) atoms. The van der Waals surface area contributed by atoms with Crippen molar-refractivity contribution in [3.63, 3.8) is 0 Å². The molecule has 0 bridgehead atoms. The van der Waals surface area contributed by atoms with Crippen molar-refractivity contribution in [3.05, 3.63) is 65.7 Å². The third-order valence-electron chi connectivity index (χ3n) is 3.55. The number of hydrogen-bond donors (Lipinski definition) is 0. The number of ether oxygens (including phenoxy) is 1. The van der Waals surface area contributed by atoms with Crippen LogP contribution in [0.4, 0.5) is 0 Å². The summed E-state index contributed by atoms with van der Waals surface area (Å²) in [4.78, 5) is 12.4. The van der Waals surface area contributed by atoms with E-state index >= 15 is 0 Å². The number of aromatic nitrogens is 4. The van der Waals surface area contributed by atoms with Crippen LogP contribution in [-0.4, -0.2) is 32.8 Å². The maximum atomic E-state index is 12.4. The van der Waals surface area contributed by atoms with Crippen LogP contribution < -0.4 is 0 Å². The summed E-state index contributed by atoms with van der Waals surface area (Å²) in [5.41, 5.74) is 2.85. The smallest absolute Gasteiger partial charge is 0.324 e. The molecular formula is C18H18N4O2S. The normalized spacial score (nSPS) is 11.9. The van der Waals surface area contributed by atoms with Crippen LogP contribution in [0.15, 0.2) is 59.8 Å². The van der Waals surface area contributed by atoms with Gasteiger partial charge in [0.25, 0.3) is 0 Å². The highest BCUT2D eigenvalue weighted by Gasteiger charge is 2.26. The molecule has 0 fully saturated rings. The van der Waals surface area contributed by atoms with Crippen LogP contribution in [0.25, 0.3) is 5.69 Å². The van der Waals surface area contributed by atoms with Crippen LogP contribution in [0, 0.1) is 6.92 Å². The summed E-state index contributed by atoms with van der Waals surface area (Å²) in [6.45, 7) is 4.14. The second kappa shape index (κ2) is 7.94. The van der Waals surface area contributed by atoms with Gasteiger partial charge in [0.1, 0.15) is 5.25 Å². The van der Waals surface area contributed by atoms with Crippen molar-refractivity contribution in [2.45, 2.75) is 24.3 Å². The fourth-order valence-electron chi connectivity index (χ4n) is 2.30. The molecule has 0 N–H and O–H groups in total. The summed E-state index contributed by atoms with van der Waals surface area (Å²) >= 11 is 1.27. The molecule has 1 atom stereocenters. The SMILES string of the molecule is CCOC(=O)[C@H](Sc1nnnn1-c1ccc(C)cc1)c1ccccc1. The van der Waals surface area contributed by atoms with Crippen LogP contribution >= 0.6 is 11.8 Å². The predicted octanol–water partition coefficient (Wildman–Crippen LogP) is 3.37. The van der Waals surface area contributed by atoms with E-state index in [-0.39, 0.29) is 5.97 Å². The lowest BCUT2D eigenvalue weighted by atomic mass is 10.1. The number of benzene rings is 2. The Hall–Kier alpha value is -2.67. The summed E-state index contributed by atoms with van der Waals surface area (Å²) in [6.07, 6.45) is 0. The Balaban J connectivity index is 1.92. The fourth-order valence-corrected chi connectivity index (χ4v) is 3.30. The second-order valence-corrected chi connectivity index (χ2v) is 6.44. The Morgan fingerprint density at radius 3 is 2.56 bits per heavy atom. The van der Waals surface area contributed by atoms with Crippen LogP contribution in [0.5, 0.6) is 0 Å². The molecule has 0 spiro atoms. The molecule has 0 aliphatic rings. The van der Waals surface area contributed by atoms with Gasteiger partial charge in [-0.3, -0.25) is 4.79 Å². The molecule has 128 valence electrons. The Kier molecular flexibility index (Phi) is 5.45. The lowest BCUT2D eigenvalue weighted by Gasteiger charge is -2.15. The van der Waals surface area contributed by atoms with Gasteiger partial charge in [-0.2, -0.15) is 4.68 Å². The second-order valence-electron chi connectivity index (χ2n) is 5.37. The number of hydrogen-bond acceptors (Lipinski definition) is 6. The molecule has 0 amide bonds. The zero-order valence-corrected chi connectivity index (χ0v) is 14.8. The monoisotopic (exact) mass is 354 g/mol. The number of carbonyl (C=O) groups excluding carboxylic acids is 1. The van der Waals surface area contributed by atoms with Gasteiger partial charge < -0.3 is 4.74 Å². The van der Waals surface area contributed by atoms with E-state index in [2.05, 4.69) is 15.5 Å². The first-order valence-electron chi connectivity index (χ1n) is 7.92. The van der Waals surface area contributed by atoms with Gasteiger partial charge in [-0.1, -0.05) is 59.8 Å². The molecule has 7 heteroatoms. The minimum absolute atomic E-state index is 0.308. The minimum Gasteiger partial charge on any atom is -0.465 e. The van der Waals surface area contributed by atoms with Crippen molar-refractivity contribution in [2.24, 2.45) is 0 Å². The Labute approximate surface area is 150 Å². The van der Waals surface area contributed by atoms with Gasteiger partial charge in [-0.05, 0) is 42.0 Å². The van der Waals surface area contributed by atoms with Crippen molar-refractivity contribution in [2.75, 3.05) is 6.61 Å². The predicted molar refractivity (Wildman–Crippen MR) is 95.6 cm³/mol. The third-order valence-corrected chi connectivity index (χ3v) is 4.71. The van der Waals surface area contributed by atoms with E-state index < -0.39 is 5.25 Å². The highest BCUT2D eigenvalue weighted by atomic mass is 32.2. The quantitative estimate of drug-likeness (QED) is 0.499. The molecule has 0 radical (unpaired) electrons. The van der Waals surface area contributed by atoms with E-state index in [9.17, 15) is 4.79 Å². The zero-order chi connectivity index (χ0) is 17.6. The summed E-state index contributed by atoms with van der Waals surface area (Å²) in [7, 11) is 0. The highest BCUT2D eigenvalue weighted by molar-refractivity contribution is 8.00. The third kappa shape index (κ3) is 4.06. The minimum atomic E-state index is -0.531. The number of carbonyl (C=O) groups is 1. The van der Waals surface area contributed by atoms with E-state index in [4.69, 9.17) is 4.74 Å². The van der Waals surface area contributed by atoms with E-state index in [1.807, 2.05) is 61.5 Å². The lowest BCUT2D eigenvalue weighted by molar-refractivity contribution is -0.142. The first kappa shape index (κ1) is 17.2. The fraction of sp³-hybridized carbons (Fsp3) is 0.222. The van der Waals surface area contributed by atoms with Gasteiger partial charge in [0.15, 0.2) is 0 Å². The largest absolute Gasteiger partial charge is 0.465 e. The summed E-state index contributed by atoms with van der Waals surface area (Å²) in [6, 6.07) is 17.4. The van der Waals surface area contributed by atoms with Gasteiger partial charge in [0.2, 0.25) is 5.16 Å².